The Kier molecular flexibility index (Phi) is 5.34. The van der Waals surface area contributed by atoms with E-state index < -0.39 is 5.41 Å². The van der Waals surface area contributed by atoms with Gasteiger partial charge in [0.15, 0.2) is 0 Å². The summed E-state index contributed by atoms with van der Waals surface area (Å²) in [7, 11) is 0. The average molecular weight is 624 g/mol. The van der Waals surface area contributed by atoms with Gasteiger partial charge in [0.05, 0.1) is 21.8 Å². The van der Waals surface area contributed by atoms with Crippen molar-refractivity contribution >= 4 is 32.6 Å². The summed E-state index contributed by atoms with van der Waals surface area (Å²) in [6, 6.07) is 64.0. The van der Waals surface area contributed by atoms with Crippen LogP contribution in [0.1, 0.15) is 22.3 Å². The molecule has 2 heteroatoms. The van der Waals surface area contributed by atoms with Gasteiger partial charge in [-0.05, 0) is 74.5 Å². The maximum absolute atomic E-state index is 7.07. The van der Waals surface area contributed by atoms with Crippen molar-refractivity contribution < 1.29 is 4.74 Å². The van der Waals surface area contributed by atoms with Crippen LogP contribution in [0.2, 0.25) is 0 Å². The van der Waals surface area contributed by atoms with E-state index in [0.717, 1.165) is 33.6 Å². The predicted octanol–water partition coefficient (Wildman–Crippen LogP) is 12.1. The number of benzene rings is 8. The molecule has 0 atom stereocenters. The fourth-order valence-electron chi connectivity index (χ4n) is 8.91. The Balaban J connectivity index is 1.18. The quantitative estimate of drug-likeness (QED) is 0.187. The molecule has 0 radical (unpaired) electrons. The molecule has 8 aromatic carbocycles. The fraction of sp³-hybridized carbons (Fsp3) is 0.0213. The molecule has 0 unspecified atom stereocenters. The molecule has 9 aromatic rings. The van der Waals surface area contributed by atoms with E-state index in [-0.39, 0.29) is 0 Å². The van der Waals surface area contributed by atoms with Gasteiger partial charge in [-0.3, -0.25) is 0 Å². The van der Waals surface area contributed by atoms with Crippen LogP contribution in [0.25, 0.3) is 60.5 Å². The Bertz CT molecular complexity index is 2750. The van der Waals surface area contributed by atoms with Gasteiger partial charge in [0.25, 0.3) is 0 Å². The second kappa shape index (κ2) is 9.82. The zero-order valence-corrected chi connectivity index (χ0v) is 26.6. The van der Waals surface area contributed by atoms with E-state index in [9.17, 15) is 0 Å². The fourth-order valence-corrected chi connectivity index (χ4v) is 8.91. The molecule has 0 amide bonds. The minimum atomic E-state index is -0.491. The van der Waals surface area contributed by atoms with Crippen molar-refractivity contribution in [1.82, 2.24) is 4.57 Å². The summed E-state index contributed by atoms with van der Waals surface area (Å²) in [5.41, 5.74) is 12.9. The highest BCUT2D eigenvalue weighted by Crippen LogP contribution is 2.63. The highest BCUT2D eigenvalue weighted by Gasteiger charge is 2.51. The molecule has 0 bridgehead atoms. The Morgan fingerprint density at radius 3 is 1.82 bits per heavy atom. The molecule has 1 aliphatic heterocycles. The van der Waals surface area contributed by atoms with Crippen LogP contribution in [0, 0.1) is 0 Å². The third-order valence-electron chi connectivity index (χ3n) is 10.9. The number of rotatable bonds is 2. The number of hydrogen-bond donors (Lipinski definition) is 0. The van der Waals surface area contributed by atoms with Crippen LogP contribution < -0.4 is 4.74 Å². The van der Waals surface area contributed by atoms with Crippen molar-refractivity contribution in [3.63, 3.8) is 0 Å². The topological polar surface area (TPSA) is 14.2 Å². The Labute approximate surface area is 284 Å². The summed E-state index contributed by atoms with van der Waals surface area (Å²) in [6.07, 6.45) is 0. The lowest BCUT2D eigenvalue weighted by atomic mass is 9.66. The van der Waals surface area contributed by atoms with Crippen LogP contribution in [0.3, 0.4) is 0 Å². The van der Waals surface area contributed by atoms with Gasteiger partial charge in [-0.25, -0.2) is 0 Å². The van der Waals surface area contributed by atoms with Crippen molar-refractivity contribution in [2.45, 2.75) is 5.41 Å². The highest BCUT2D eigenvalue weighted by molar-refractivity contribution is 6.14. The number of para-hydroxylation sites is 2. The van der Waals surface area contributed by atoms with Crippen molar-refractivity contribution in [1.29, 1.82) is 0 Å². The molecule has 2 heterocycles. The van der Waals surface area contributed by atoms with Crippen LogP contribution in [0.15, 0.2) is 176 Å². The van der Waals surface area contributed by atoms with Gasteiger partial charge < -0.3 is 9.30 Å². The predicted molar refractivity (Wildman–Crippen MR) is 201 cm³/mol. The van der Waals surface area contributed by atoms with E-state index in [2.05, 4.69) is 180 Å². The molecule has 0 fully saturated rings. The SMILES string of the molecule is c1ccc2c(c1)Oc1c(ccc3c1c1ccccc1n3-c1ccc(-c3cccc4ccccc34)cc1)C21c2ccccc2-c2ccccc21. The number of fused-ring (bicyclic) bond motifs is 14. The molecule has 11 rings (SSSR count). The van der Waals surface area contributed by atoms with E-state index >= 15 is 0 Å². The molecule has 1 aromatic heterocycles. The van der Waals surface area contributed by atoms with Gasteiger partial charge in [0, 0.05) is 22.2 Å². The van der Waals surface area contributed by atoms with Crippen molar-refractivity contribution in [3.05, 3.63) is 198 Å². The second-order valence-corrected chi connectivity index (χ2v) is 13.2. The molecule has 0 N–H and O–H groups in total. The van der Waals surface area contributed by atoms with Gasteiger partial charge in [-0.1, -0.05) is 146 Å². The first kappa shape index (κ1) is 26.7. The van der Waals surface area contributed by atoms with E-state index in [1.54, 1.807) is 0 Å². The number of ether oxygens (including phenoxy) is 1. The van der Waals surface area contributed by atoms with Crippen molar-refractivity contribution in [2.24, 2.45) is 0 Å². The molecule has 1 aliphatic carbocycles. The van der Waals surface area contributed by atoms with E-state index in [4.69, 9.17) is 4.74 Å². The van der Waals surface area contributed by atoms with Gasteiger partial charge >= 0.3 is 0 Å². The summed E-state index contributed by atoms with van der Waals surface area (Å²) < 4.78 is 9.46. The molecule has 49 heavy (non-hydrogen) atoms. The maximum atomic E-state index is 7.07. The molecule has 0 saturated carbocycles. The van der Waals surface area contributed by atoms with Crippen LogP contribution in [0.4, 0.5) is 0 Å². The van der Waals surface area contributed by atoms with Gasteiger partial charge in [0.2, 0.25) is 0 Å². The Hall–Kier alpha value is -6.38. The summed E-state index contributed by atoms with van der Waals surface area (Å²) in [5, 5.41) is 4.84. The normalized spacial score (nSPS) is 13.6. The Morgan fingerprint density at radius 1 is 0.408 bits per heavy atom. The molecule has 0 saturated heterocycles. The van der Waals surface area contributed by atoms with Crippen LogP contribution in [-0.4, -0.2) is 4.57 Å². The minimum Gasteiger partial charge on any atom is -0.456 e. The number of aromatic nitrogens is 1. The minimum absolute atomic E-state index is 0.491. The number of hydrogen-bond acceptors (Lipinski definition) is 1. The molecule has 2 aliphatic rings. The maximum Gasteiger partial charge on any atom is 0.142 e. The lowest BCUT2D eigenvalue weighted by Crippen LogP contribution is -2.32. The largest absolute Gasteiger partial charge is 0.456 e. The monoisotopic (exact) mass is 623 g/mol. The van der Waals surface area contributed by atoms with Crippen LogP contribution in [-0.2, 0) is 5.41 Å². The number of nitrogens with zero attached hydrogens (tertiary/aromatic N) is 1. The first-order valence-electron chi connectivity index (χ1n) is 16.9. The van der Waals surface area contributed by atoms with E-state index in [0.29, 0.717) is 0 Å². The third-order valence-corrected chi connectivity index (χ3v) is 10.9. The third kappa shape index (κ3) is 3.45. The first-order valence-corrected chi connectivity index (χ1v) is 16.9. The summed E-state index contributed by atoms with van der Waals surface area (Å²) in [6.45, 7) is 0. The zero-order chi connectivity index (χ0) is 32.1. The lowest BCUT2D eigenvalue weighted by Gasteiger charge is -2.39. The lowest BCUT2D eigenvalue weighted by molar-refractivity contribution is 0.442. The van der Waals surface area contributed by atoms with Crippen LogP contribution in [0.5, 0.6) is 11.5 Å². The molecular weight excluding hydrogens is 595 g/mol. The summed E-state index contributed by atoms with van der Waals surface area (Å²) in [5.74, 6) is 1.84. The highest BCUT2D eigenvalue weighted by atomic mass is 16.5. The summed E-state index contributed by atoms with van der Waals surface area (Å²) in [4.78, 5) is 0. The smallest absolute Gasteiger partial charge is 0.142 e. The van der Waals surface area contributed by atoms with Crippen molar-refractivity contribution in [2.75, 3.05) is 0 Å². The molecule has 1 spiro atoms. The first-order chi connectivity index (χ1) is 24.3. The summed E-state index contributed by atoms with van der Waals surface area (Å²) >= 11 is 0. The van der Waals surface area contributed by atoms with Gasteiger partial charge in [0.1, 0.15) is 11.5 Å². The van der Waals surface area contributed by atoms with Crippen LogP contribution >= 0.6 is 0 Å². The molecular formula is C47H29NO. The van der Waals surface area contributed by atoms with E-state index in [1.807, 2.05) is 0 Å². The standard InChI is InChI=1S/C47H29NO/c1-2-14-33-30(12-1)13-11-18-34(33)31-24-26-32(27-25-31)48-42-22-9-5-17-37(42)45-43(48)29-28-41-46(45)49-44-23-10-8-21-40(44)47(41)38-19-6-3-15-35(38)36-16-4-7-20-39(36)47/h1-29H. The zero-order valence-electron chi connectivity index (χ0n) is 26.6. The molecule has 228 valence electrons. The average Bonchev–Trinajstić information content (AvgIpc) is 3.66. The second-order valence-electron chi connectivity index (χ2n) is 13.2. The Morgan fingerprint density at radius 2 is 1.02 bits per heavy atom. The van der Waals surface area contributed by atoms with E-state index in [1.165, 1.54) is 60.7 Å². The van der Waals surface area contributed by atoms with Crippen molar-refractivity contribution in [3.8, 4) is 39.4 Å². The molecule has 2 nitrogen and oxygen atoms in total. The van der Waals surface area contributed by atoms with Gasteiger partial charge in [-0.2, -0.15) is 0 Å². The van der Waals surface area contributed by atoms with Gasteiger partial charge in [-0.15, -0.1) is 0 Å².